The van der Waals surface area contributed by atoms with Gasteiger partial charge in [-0.3, -0.25) is 0 Å². The van der Waals surface area contributed by atoms with Crippen molar-refractivity contribution in [2.75, 3.05) is 6.61 Å². The fourth-order valence-corrected chi connectivity index (χ4v) is 4.10. The third-order valence-corrected chi connectivity index (χ3v) is 5.48. The number of hydrogen-bond donors (Lipinski definition) is 0. The first-order chi connectivity index (χ1) is 12.9. The van der Waals surface area contributed by atoms with Crippen LogP contribution in [0, 0.1) is 31.4 Å². The minimum atomic E-state index is -0.829. The van der Waals surface area contributed by atoms with Crippen molar-refractivity contribution in [1.82, 2.24) is 0 Å². The van der Waals surface area contributed by atoms with Crippen molar-refractivity contribution in [3.05, 3.63) is 70.3 Å². The van der Waals surface area contributed by atoms with E-state index in [2.05, 4.69) is 39.0 Å². The molecule has 1 saturated heterocycles. The monoisotopic (exact) mass is 374 g/mol. The van der Waals surface area contributed by atoms with Crippen LogP contribution < -0.4 is 0 Å². The minimum absolute atomic E-state index is 0.118. The molecule has 4 unspecified atom stereocenters. The van der Waals surface area contributed by atoms with Crippen LogP contribution in [-0.4, -0.2) is 12.9 Å². The number of aryl methyl sites for hydroxylation is 2. The summed E-state index contributed by atoms with van der Waals surface area (Å²) in [5.41, 5.74) is 4.21. The van der Waals surface area contributed by atoms with E-state index in [1.807, 2.05) is 6.92 Å². The summed E-state index contributed by atoms with van der Waals surface area (Å²) in [4.78, 5) is 0. The van der Waals surface area contributed by atoms with Crippen LogP contribution in [-0.2, 0) is 9.47 Å². The first-order valence-corrected chi connectivity index (χ1v) is 9.69. The molecule has 0 aliphatic carbocycles. The Bertz CT molecular complexity index is 770. The summed E-state index contributed by atoms with van der Waals surface area (Å²) in [6, 6.07) is 10.5. The van der Waals surface area contributed by atoms with Gasteiger partial charge in [0.05, 0.1) is 12.7 Å². The molecular formula is C23H28F2O2. The van der Waals surface area contributed by atoms with Gasteiger partial charge in [0.2, 0.25) is 0 Å². The Morgan fingerprint density at radius 3 is 2.41 bits per heavy atom. The van der Waals surface area contributed by atoms with Crippen molar-refractivity contribution in [3.8, 4) is 0 Å². The Morgan fingerprint density at radius 2 is 1.78 bits per heavy atom. The number of hydrogen-bond acceptors (Lipinski definition) is 2. The number of benzene rings is 2. The van der Waals surface area contributed by atoms with Gasteiger partial charge < -0.3 is 9.47 Å². The van der Waals surface area contributed by atoms with Gasteiger partial charge in [0.25, 0.3) is 0 Å². The number of halogens is 2. The fraction of sp³-hybridized carbons (Fsp3) is 0.478. The van der Waals surface area contributed by atoms with Gasteiger partial charge in [-0.2, -0.15) is 0 Å². The average Bonchev–Trinajstić information content (AvgIpc) is 2.63. The fourth-order valence-electron chi connectivity index (χ4n) is 4.10. The predicted octanol–water partition coefficient (Wildman–Crippen LogP) is 6.22. The molecule has 0 spiro atoms. The van der Waals surface area contributed by atoms with Crippen LogP contribution in [0.2, 0.25) is 0 Å². The summed E-state index contributed by atoms with van der Waals surface area (Å²) in [6.45, 7) is 8.88. The maximum Gasteiger partial charge on any atom is 0.165 e. The SMILES string of the molecule is CCC1CCOC(OC(C)c2cc(C)cc(C)c2)C1c1ccc(F)c(F)c1. The van der Waals surface area contributed by atoms with Gasteiger partial charge in [-0.15, -0.1) is 0 Å². The highest BCUT2D eigenvalue weighted by Gasteiger charge is 2.36. The second-order valence-electron chi connectivity index (χ2n) is 7.59. The molecule has 2 nitrogen and oxygen atoms in total. The van der Waals surface area contributed by atoms with E-state index >= 15 is 0 Å². The zero-order valence-corrected chi connectivity index (χ0v) is 16.5. The van der Waals surface area contributed by atoms with Crippen LogP contribution in [0.1, 0.15) is 61.0 Å². The van der Waals surface area contributed by atoms with Crippen LogP contribution in [0.5, 0.6) is 0 Å². The minimum Gasteiger partial charge on any atom is -0.352 e. The zero-order chi connectivity index (χ0) is 19.6. The molecule has 0 radical (unpaired) electrons. The molecule has 4 atom stereocenters. The highest BCUT2D eigenvalue weighted by Crippen LogP contribution is 2.40. The summed E-state index contributed by atoms with van der Waals surface area (Å²) in [7, 11) is 0. The second-order valence-corrected chi connectivity index (χ2v) is 7.59. The van der Waals surface area contributed by atoms with E-state index in [1.54, 1.807) is 6.07 Å². The summed E-state index contributed by atoms with van der Waals surface area (Å²) in [5, 5.41) is 0. The molecule has 27 heavy (non-hydrogen) atoms. The van der Waals surface area contributed by atoms with E-state index in [0.717, 1.165) is 24.0 Å². The van der Waals surface area contributed by atoms with Gasteiger partial charge in [-0.1, -0.05) is 48.7 Å². The van der Waals surface area contributed by atoms with Gasteiger partial charge in [-0.25, -0.2) is 8.78 Å². The summed E-state index contributed by atoms with van der Waals surface area (Å²) in [6.07, 6.45) is 1.18. The summed E-state index contributed by atoms with van der Waals surface area (Å²) in [5.74, 6) is -1.47. The molecule has 2 aromatic rings. The van der Waals surface area contributed by atoms with Gasteiger partial charge in [0.1, 0.15) is 0 Å². The normalized spacial score (nSPS) is 24.0. The number of rotatable bonds is 5. The van der Waals surface area contributed by atoms with Crippen molar-refractivity contribution in [3.63, 3.8) is 0 Å². The lowest BCUT2D eigenvalue weighted by Crippen LogP contribution is -2.37. The highest BCUT2D eigenvalue weighted by molar-refractivity contribution is 5.30. The van der Waals surface area contributed by atoms with Crippen LogP contribution >= 0.6 is 0 Å². The van der Waals surface area contributed by atoms with Gasteiger partial charge >= 0.3 is 0 Å². The molecule has 2 aromatic carbocycles. The molecule has 4 heteroatoms. The Kier molecular flexibility index (Phi) is 6.28. The third-order valence-electron chi connectivity index (χ3n) is 5.48. The molecule has 1 aliphatic rings. The Hall–Kier alpha value is -1.78. The van der Waals surface area contributed by atoms with Gasteiger partial charge in [-0.05, 0) is 56.4 Å². The van der Waals surface area contributed by atoms with Crippen molar-refractivity contribution in [1.29, 1.82) is 0 Å². The van der Waals surface area contributed by atoms with Crippen LogP contribution in [0.15, 0.2) is 36.4 Å². The van der Waals surface area contributed by atoms with Crippen molar-refractivity contribution < 1.29 is 18.3 Å². The molecule has 3 rings (SSSR count). The van der Waals surface area contributed by atoms with Crippen LogP contribution in [0.3, 0.4) is 0 Å². The molecule has 146 valence electrons. The van der Waals surface area contributed by atoms with Crippen molar-refractivity contribution >= 4 is 0 Å². The molecule has 1 fully saturated rings. The lowest BCUT2D eigenvalue weighted by atomic mass is 9.80. The van der Waals surface area contributed by atoms with Crippen molar-refractivity contribution in [2.45, 2.75) is 58.8 Å². The summed E-state index contributed by atoms with van der Waals surface area (Å²) < 4.78 is 39.5. The second kappa shape index (κ2) is 8.49. The first kappa shape index (κ1) is 20.0. The smallest absolute Gasteiger partial charge is 0.165 e. The molecule has 0 saturated carbocycles. The van der Waals surface area contributed by atoms with Crippen LogP contribution in [0.4, 0.5) is 8.78 Å². The zero-order valence-electron chi connectivity index (χ0n) is 16.5. The predicted molar refractivity (Wildman–Crippen MR) is 103 cm³/mol. The van der Waals surface area contributed by atoms with E-state index in [-0.39, 0.29) is 12.0 Å². The highest BCUT2D eigenvalue weighted by atomic mass is 19.2. The molecule has 0 amide bonds. The molecule has 0 N–H and O–H groups in total. The van der Waals surface area contributed by atoms with E-state index < -0.39 is 17.9 Å². The van der Waals surface area contributed by atoms with E-state index in [9.17, 15) is 8.78 Å². The average molecular weight is 374 g/mol. The lowest BCUT2D eigenvalue weighted by Gasteiger charge is -2.39. The van der Waals surface area contributed by atoms with Crippen LogP contribution in [0.25, 0.3) is 0 Å². The van der Waals surface area contributed by atoms with Gasteiger partial charge in [0.15, 0.2) is 17.9 Å². The first-order valence-electron chi connectivity index (χ1n) is 9.69. The molecule has 1 heterocycles. The van der Waals surface area contributed by atoms with E-state index in [4.69, 9.17) is 9.47 Å². The molecule has 0 bridgehead atoms. The topological polar surface area (TPSA) is 18.5 Å². The van der Waals surface area contributed by atoms with Crippen molar-refractivity contribution in [2.24, 2.45) is 5.92 Å². The maximum absolute atomic E-state index is 13.9. The summed E-state index contributed by atoms with van der Waals surface area (Å²) >= 11 is 0. The Balaban J connectivity index is 1.87. The maximum atomic E-state index is 13.9. The van der Waals surface area contributed by atoms with Gasteiger partial charge in [0, 0.05) is 5.92 Å². The number of ether oxygens (including phenoxy) is 2. The molecular weight excluding hydrogens is 346 g/mol. The Labute approximate surface area is 160 Å². The molecule has 0 aromatic heterocycles. The van der Waals surface area contributed by atoms with E-state index in [1.165, 1.54) is 23.3 Å². The standard InChI is InChI=1S/C23H28F2O2/c1-5-17-8-9-26-23(22(17)18-6-7-20(24)21(25)13-18)27-16(4)19-11-14(2)10-15(3)12-19/h6-7,10-13,16-17,22-23H,5,8-9H2,1-4H3. The largest absolute Gasteiger partial charge is 0.352 e. The van der Waals surface area contributed by atoms with E-state index in [0.29, 0.717) is 12.5 Å². The molecule has 1 aliphatic heterocycles. The lowest BCUT2D eigenvalue weighted by molar-refractivity contribution is -0.209. The third kappa shape index (κ3) is 4.56. The Morgan fingerprint density at radius 1 is 1.07 bits per heavy atom. The quantitative estimate of drug-likeness (QED) is 0.619.